The van der Waals surface area contributed by atoms with Gasteiger partial charge in [-0.2, -0.15) is 0 Å². The molecule has 1 saturated heterocycles. The summed E-state index contributed by atoms with van der Waals surface area (Å²) in [5.74, 6) is -0.614. The number of hydrogen-bond donors (Lipinski definition) is 3. The molecule has 5 nitrogen and oxygen atoms in total. The Morgan fingerprint density at radius 1 is 1.62 bits per heavy atom. The van der Waals surface area contributed by atoms with Crippen molar-refractivity contribution in [3.8, 4) is 0 Å². The van der Waals surface area contributed by atoms with Crippen molar-refractivity contribution in [2.24, 2.45) is 11.7 Å². The fourth-order valence-corrected chi connectivity index (χ4v) is 2.27. The van der Waals surface area contributed by atoms with Gasteiger partial charge in [0, 0.05) is 13.1 Å². The van der Waals surface area contributed by atoms with Crippen LogP contribution in [0.4, 0.5) is 0 Å². The number of carboxylic acids is 1. The van der Waals surface area contributed by atoms with E-state index in [1.54, 1.807) is 0 Å². The fraction of sp³-hybridized carbons (Fsp3) is 0.909. The molecule has 1 aliphatic heterocycles. The molecule has 1 rings (SSSR count). The third-order valence-corrected chi connectivity index (χ3v) is 3.17. The Kier molecular flexibility index (Phi) is 4.70. The Balaban J connectivity index is 2.45. The predicted octanol–water partition coefficient (Wildman–Crippen LogP) is -0.117. The SMILES string of the molecule is CC(O)(CN1CCCC(CCN)C1)C(=O)O. The maximum absolute atomic E-state index is 10.8. The molecule has 0 bridgehead atoms. The molecule has 1 heterocycles. The molecule has 16 heavy (non-hydrogen) atoms. The lowest BCUT2D eigenvalue weighted by Crippen LogP contribution is -2.49. The third kappa shape index (κ3) is 3.73. The van der Waals surface area contributed by atoms with E-state index in [1.165, 1.54) is 6.92 Å². The molecule has 1 fully saturated rings. The number of nitrogens with zero attached hydrogens (tertiary/aromatic N) is 1. The van der Waals surface area contributed by atoms with Gasteiger partial charge in [-0.15, -0.1) is 0 Å². The molecule has 0 spiro atoms. The topological polar surface area (TPSA) is 86.8 Å². The number of β-amino-alcohol motifs (C(OH)–C–C–N with tert-alkyl or cyclic N) is 1. The molecule has 2 unspecified atom stereocenters. The average molecular weight is 230 g/mol. The number of carboxylic acid groups (broad SMARTS) is 1. The van der Waals surface area contributed by atoms with E-state index >= 15 is 0 Å². The Labute approximate surface area is 96.2 Å². The van der Waals surface area contributed by atoms with E-state index in [0.717, 1.165) is 32.4 Å². The van der Waals surface area contributed by atoms with Crippen LogP contribution in [0.2, 0.25) is 0 Å². The molecule has 0 amide bonds. The molecular formula is C11H22N2O3. The highest BCUT2D eigenvalue weighted by molar-refractivity contribution is 5.76. The number of piperidine rings is 1. The Morgan fingerprint density at radius 3 is 2.88 bits per heavy atom. The van der Waals surface area contributed by atoms with Crippen molar-refractivity contribution in [2.75, 3.05) is 26.2 Å². The molecular weight excluding hydrogens is 208 g/mol. The van der Waals surface area contributed by atoms with Gasteiger partial charge in [0.05, 0.1) is 0 Å². The number of rotatable bonds is 5. The second-order valence-corrected chi connectivity index (χ2v) is 4.90. The number of aliphatic hydroxyl groups is 1. The summed E-state index contributed by atoms with van der Waals surface area (Å²) in [5.41, 5.74) is 3.87. The van der Waals surface area contributed by atoms with Gasteiger partial charge in [0.15, 0.2) is 5.60 Å². The van der Waals surface area contributed by atoms with Crippen molar-refractivity contribution in [3.05, 3.63) is 0 Å². The van der Waals surface area contributed by atoms with E-state index < -0.39 is 11.6 Å². The van der Waals surface area contributed by atoms with Gasteiger partial charge in [0.2, 0.25) is 0 Å². The summed E-state index contributed by atoms with van der Waals surface area (Å²) in [7, 11) is 0. The Morgan fingerprint density at radius 2 is 2.31 bits per heavy atom. The summed E-state index contributed by atoms with van der Waals surface area (Å²) in [6.45, 7) is 3.93. The minimum atomic E-state index is -1.65. The first-order chi connectivity index (χ1) is 7.45. The monoisotopic (exact) mass is 230 g/mol. The molecule has 0 aromatic carbocycles. The number of carbonyl (C=O) groups is 1. The highest BCUT2D eigenvalue weighted by atomic mass is 16.4. The molecule has 5 heteroatoms. The van der Waals surface area contributed by atoms with Crippen LogP contribution in [0, 0.1) is 5.92 Å². The number of nitrogens with two attached hydrogens (primary N) is 1. The quantitative estimate of drug-likeness (QED) is 0.613. The Bertz CT molecular complexity index is 241. The summed E-state index contributed by atoms with van der Waals surface area (Å²) < 4.78 is 0. The normalized spacial score (nSPS) is 26.3. The first-order valence-electron chi connectivity index (χ1n) is 5.84. The molecule has 1 aliphatic rings. The van der Waals surface area contributed by atoms with E-state index in [0.29, 0.717) is 12.5 Å². The van der Waals surface area contributed by atoms with E-state index in [2.05, 4.69) is 0 Å². The summed E-state index contributed by atoms with van der Waals surface area (Å²) >= 11 is 0. The molecule has 0 aromatic rings. The number of aliphatic carboxylic acids is 1. The van der Waals surface area contributed by atoms with Crippen molar-refractivity contribution in [1.29, 1.82) is 0 Å². The van der Waals surface area contributed by atoms with Gasteiger partial charge < -0.3 is 15.9 Å². The van der Waals surface area contributed by atoms with Crippen LogP contribution in [0.3, 0.4) is 0 Å². The maximum atomic E-state index is 10.8. The molecule has 2 atom stereocenters. The van der Waals surface area contributed by atoms with E-state index in [9.17, 15) is 9.90 Å². The fourth-order valence-electron chi connectivity index (χ4n) is 2.27. The van der Waals surface area contributed by atoms with Crippen molar-refractivity contribution >= 4 is 5.97 Å². The van der Waals surface area contributed by atoms with Gasteiger partial charge in [0.1, 0.15) is 0 Å². The van der Waals surface area contributed by atoms with Crippen LogP contribution < -0.4 is 5.73 Å². The van der Waals surface area contributed by atoms with E-state index in [4.69, 9.17) is 10.8 Å². The summed E-state index contributed by atoms with van der Waals surface area (Å²) in [6.07, 6.45) is 3.19. The standard InChI is InChI=1S/C11H22N2O3/c1-11(16,10(14)15)8-13-6-2-3-9(7-13)4-5-12/h9,16H,2-8,12H2,1H3,(H,14,15). The summed E-state index contributed by atoms with van der Waals surface area (Å²) in [4.78, 5) is 12.8. The van der Waals surface area contributed by atoms with Crippen LogP contribution in [0.1, 0.15) is 26.2 Å². The lowest BCUT2D eigenvalue weighted by atomic mass is 9.93. The van der Waals surface area contributed by atoms with Crippen LogP contribution in [0.25, 0.3) is 0 Å². The highest BCUT2D eigenvalue weighted by Crippen LogP contribution is 2.20. The van der Waals surface area contributed by atoms with Crippen molar-refractivity contribution in [1.82, 2.24) is 4.90 Å². The van der Waals surface area contributed by atoms with Gasteiger partial charge in [-0.3, -0.25) is 4.90 Å². The third-order valence-electron chi connectivity index (χ3n) is 3.17. The summed E-state index contributed by atoms with van der Waals surface area (Å²) in [6, 6.07) is 0. The van der Waals surface area contributed by atoms with E-state index in [1.807, 2.05) is 4.90 Å². The maximum Gasteiger partial charge on any atom is 0.336 e. The zero-order chi connectivity index (χ0) is 12.2. The van der Waals surface area contributed by atoms with Crippen LogP contribution in [-0.4, -0.2) is 52.9 Å². The predicted molar refractivity (Wildman–Crippen MR) is 61.1 cm³/mol. The van der Waals surface area contributed by atoms with Crippen LogP contribution >= 0.6 is 0 Å². The minimum Gasteiger partial charge on any atom is -0.479 e. The molecule has 0 radical (unpaired) electrons. The molecule has 0 aliphatic carbocycles. The zero-order valence-corrected chi connectivity index (χ0v) is 9.85. The lowest BCUT2D eigenvalue weighted by Gasteiger charge is -2.35. The first-order valence-corrected chi connectivity index (χ1v) is 5.84. The zero-order valence-electron chi connectivity index (χ0n) is 9.85. The van der Waals surface area contributed by atoms with Gasteiger partial charge in [-0.05, 0) is 45.2 Å². The molecule has 94 valence electrons. The van der Waals surface area contributed by atoms with Crippen molar-refractivity contribution < 1.29 is 15.0 Å². The molecule has 0 aromatic heterocycles. The van der Waals surface area contributed by atoms with Crippen LogP contribution in [0.15, 0.2) is 0 Å². The Hall–Kier alpha value is -0.650. The second kappa shape index (κ2) is 5.61. The molecule has 4 N–H and O–H groups in total. The minimum absolute atomic E-state index is 0.198. The lowest BCUT2D eigenvalue weighted by molar-refractivity contribution is -0.158. The van der Waals surface area contributed by atoms with Crippen molar-refractivity contribution in [2.45, 2.75) is 31.8 Å². The van der Waals surface area contributed by atoms with Gasteiger partial charge in [-0.25, -0.2) is 4.79 Å². The van der Waals surface area contributed by atoms with Gasteiger partial charge >= 0.3 is 5.97 Å². The van der Waals surface area contributed by atoms with Gasteiger partial charge in [0.25, 0.3) is 0 Å². The van der Waals surface area contributed by atoms with Crippen LogP contribution in [0.5, 0.6) is 0 Å². The smallest absolute Gasteiger partial charge is 0.336 e. The van der Waals surface area contributed by atoms with Crippen molar-refractivity contribution in [3.63, 3.8) is 0 Å². The largest absolute Gasteiger partial charge is 0.479 e. The highest BCUT2D eigenvalue weighted by Gasteiger charge is 2.33. The first kappa shape index (κ1) is 13.4. The number of hydrogen-bond acceptors (Lipinski definition) is 4. The van der Waals surface area contributed by atoms with Gasteiger partial charge in [-0.1, -0.05) is 0 Å². The average Bonchev–Trinajstić information content (AvgIpc) is 2.17. The van der Waals surface area contributed by atoms with Crippen LogP contribution in [-0.2, 0) is 4.79 Å². The molecule has 0 saturated carbocycles. The van der Waals surface area contributed by atoms with E-state index in [-0.39, 0.29) is 6.54 Å². The summed E-state index contributed by atoms with van der Waals surface area (Å²) in [5, 5.41) is 18.5. The second-order valence-electron chi connectivity index (χ2n) is 4.90. The number of likely N-dealkylation sites (tertiary alicyclic amines) is 1.